The van der Waals surface area contributed by atoms with E-state index in [9.17, 15) is 9.59 Å². The molecule has 2 heterocycles. The molecule has 0 saturated carbocycles. The van der Waals surface area contributed by atoms with E-state index in [0.717, 1.165) is 45.3 Å². The number of carbonyl (C=O) groups excluding carboxylic acids is 3. The number of aldehydes is 2. The van der Waals surface area contributed by atoms with E-state index in [-0.39, 0.29) is 5.91 Å². The number of ether oxygens (including phenoxy) is 1. The van der Waals surface area contributed by atoms with Crippen molar-refractivity contribution in [1.82, 2.24) is 10.3 Å². The van der Waals surface area contributed by atoms with Gasteiger partial charge in [0.1, 0.15) is 12.0 Å². The van der Waals surface area contributed by atoms with Crippen LogP contribution in [0.1, 0.15) is 16.1 Å². The lowest BCUT2D eigenvalue weighted by molar-refractivity contribution is -0.115. The van der Waals surface area contributed by atoms with Gasteiger partial charge in [0.25, 0.3) is 0 Å². The molecule has 0 aliphatic rings. The number of hydrogen-bond acceptors (Lipinski definition) is 8. The van der Waals surface area contributed by atoms with E-state index in [0.29, 0.717) is 25.1 Å². The summed E-state index contributed by atoms with van der Waals surface area (Å²) in [6.45, 7) is 4.02. The molecule has 2 aromatic heterocycles. The number of rotatable bonds is 9. The number of benzene rings is 2. The number of likely N-dealkylation sites (N-methyl/N-ethyl adjacent to an activating group) is 1. The molecule has 0 atom stereocenters. The van der Waals surface area contributed by atoms with Gasteiger partial charge in [-0.2, -0.15) is 11.3 Å². The number of hydrogen-bond donors (Lipinski definition) is 3. The number of pyridine rings is 1. The number of amides is 1. The molecule has 0 spiro atoms. The van der Waals surface area contributed by atoms with Gasteiger partial charge in [0.2, 0.25) is 5.91 Å². The first kappa shape index (κ1) is 30.0. The van der Waals surface area contributed by atoms with Crippen molar-refractivity contribution < 1.29 is 19.1 Å². The zero-order valence-corrected chi connectivity index (χ0v) is 22.5. The van der Waals surface area contributed by atoms with Crippen molar-refractivity contribution in [1.29, 1.82) is 0 Å². The molecule has 0 unspecified atom stereocenters. The summed E-state index contributed by atoms with van der Waals surface area (Å²) in [5.41, 5.74) is 5.23. The van der Waals surface area contributed by atoms with Crippen molar-refractivity contribution >= 4 is 52.0 Å². The summed E-state index contributed by atoms with van der Waals surface area (Å²) in [6, 6.07) is 17.7. The van der Waals surface area contributed by atoms with Gasteiger partial charge in [0, 0.05) is 41.7 Å². The van der Waals surface area contributed by atoms with E-state index >= 15 is 0 Å². The number of carbonyl (C=O) groups is 3. The van der Waals surface area contributed by atoms with Crippen molar-refractivity contribution in [3.05, 3.63) is 89.3 Å². The minimum Gasteiger partial charge on any atom is -0.387 e. The second kappa shape index (κ2) is 16.5. The predicted octanol–water partition coefficient (Wildman–Crippen LogP) is 5.18. The largest absolute Gasteiger partial charge is 0.387 e. The number of methoxy groups -OCH3 is 1. The van der Waals surface area contributed by atoms with E-state index in [1.165, 1.54) is 6.08 Å². The van der Waals surface area contributed by atoms with Gasteiger partial charge in [-0.25, -0.2) is 4.98 Å². The van der Waals surface area contributed by atoms with Gasteiger partial charge in [-0.15, -0.1) is 0 Å². The van der Waals surface area contributed by atoms with Crippen molar-refractivity contribution in [2.75, 3.05) is 38.4 Å². The maximum atomic E-state index is 10.9. The fraction of sp³-hybridized carbons (Fsp3) is 0.172. The molecule has 198 valence electrons. The first-order valence-corrected chi connectivity index (χ1v) is 12.6. The minimum atomic E-state index is -0.00843. The van der Waals surface area contributed by atoms with E-state index in [4.69, 9.17) is 9.53 Å². The molecule has 3 N–H and O–H groups in total. The SMILES string of the molecule is C=CC=O.CNCC(=O)Nc1ccsc1.CNc1c(COC)ccc2ccc(-c3cccc(C=O)n3)cc12. The maximum absolute atomic E-state index is 10.9. The first-order chi connectivity index (χ1) is 18.5. The standard InChI is InChI=1S/C19H18N2O2.C7H10N2OS.C3H4O/c1-20-19-15(12-23-2)9-7-13-6-8-14(10-17(13)19)18-5-3-4-16(11-22)21-18;1-8-4-7(10)9-6-2-3-11-5-6;1-2-3-4/h3-11,20H,12H2,1-2H3;2-3,5,8H,4H2,1H3,(H,9,10);2-3H,1H2. The Balaban J connectivity index is 0.000000281. The average Bonchev–Trinajstić information content (AvgIpc) is 3.46. The minimum absolute atomic E-state index is 0.00843. The molecule has 9 heteroatoms. The fourth-order valence-electron chi connectivity index (χ4n) is 3.47. The molecular formula is C29H32N4O4S. The Bertz CT molecular complexity index is 1330. The molecule has 0 radical (unpaired) electrons. The molecule has 8 nitrogen and oxygen atoms in total. The van der Waals surface area contributed by atoms with E-state index in [2.05, 4.69) is 51.8 Å². The Labute approximate surface area is 226 Å². The van der Waals surface area contributed by atoms with Crippen LogP contribution in [0.3, 0.4) is 0 Å². The topological polar surface area (TPSA) is 109 Å². The number of nitrogens with one attached hydrogen (secondary N) is 3. The van der Waals surface area contributed by atoms with Gasteiger partial charge in [0.05, 0.1) is 24.5 Å². The quantitative estimate of drug-likeness (QED) is 0.201. The second-order valence-electron chi connectivity index (χ2n) is 7.75. The molecule has 0 fully saturated rings. The second-order valence-corrected chi connectivity index (χ2v) is 8.53. The van der Waals surface area contributed by atoms with Gasteiger partial charge < -0.3 is 20.7 Å². The number of nitrogens with zero attached hydrogens (tertiary/aromatic N) is 1. The molecular weight excluding hydrogens is 500 g/mol. The maximum Gasteiger partial charge on any atom is 0.238 e. The van der Waals surface area contributed by atoms with E-state index < -0.39 is 0 Å². The summed E-state index contributed by atoms with van der Waals surface area (Å²) in [6.07, 6.45) is 2.60. The van der Waals surface area contributed by atoms with Gasteiger partial charge >= 0.3 is 0 Å². The van der Waals surface area contributed by atoms with Crippen molar-refractivity contribution in [2.45, 2.75) is 6.61 Å². The van der Waals surface area contributed by atoms with Crippen LogP contribution in [0.4, 0.5) is 11.4 Å². The number of allylic oxidation sites excluding steroid dienone is 1. The highest BCUT2D eigenvalue weighted by molar-refractivity contribution is 7.08. The summed E-state index contributed by atoms with van der Waals surface area (Å²) in [4.78, 5) is 35.3. The molecule has 4 rings (SSSR count). The van der Waals surface area contributed by atoms with Crippen LogP contribution < -0.4 is 16.0 Å². The van der Waals surface area contributed by atoms with Gasteiger partial charge in [-0.1, -0.05) is 36.9 Å². The summed E-state index contributed by atoms with van der Waals surface area (Å²) < 4.78 is 5.27. The van der Waals surface area contributed by atoms with Crippen molar-refractivity contribution in [3.8, 4) is 11.3 Å². The Morgan fingerprint density at radius 1 is 1.11 bits per heavy atom. The lowest BCUT2D eigenvalue weighted by Gasteiger charge is -2.13. The predicted molar refractivity (Wildman–Crippen MR) is 156 cm³/mol. The highest BCUT2D eigenvalue weighted by Gasteiger charge is 2.09. The summed E-state index contributed by atoms with van der Waals surface area (Å²) >= 11 is 1.56. The highest BCUT2D eigenvalue weighted by atomic mass is 32.1. The normalized spacial score (nSPS) is 9.76. The van der Waals surface area contributed by atoms with Crippen LogP contribution >= 0.6 is 11.3 Å². The van der Waals surface area contributed by atoms with Crippen LogP contribution in [0.15, 0.2) is 78.0 Å². The van der Waals surface area contributed by atoms with Gasteiger partial charge in [0.15, 0.2) is 6.29 Å². The van der Waals surface area contributed by atoms with Crippen LogP contribution in [-0.4, -0.2) is 51.2 Å². The molecule has 0 bridgehead atoms. The van der Waals surface area contributed by atoms with Crippen LogP contribution in [-0.2, 0) is 20.9 Å². The number of fused-ring (bicyclic) bond motifs is 1. The summed E-state index contributed by atoms with van der Waals surface area (Å²) in [7, 11) is 5.34. The third-order valence-electron chi connectivity index (χ3n) is 5.08. The molecule has 2 aromatic carbocycles. The zero-order valence-electron chi connectivity index (χ0n) is 21.7. The van der Waals surface area contributed by atoms with Crippen LogP contribution in [0.5, 0.6) is 0 Å². The fourth-order valence-corrected chi connectivity index (χ4v) is 4.06. The zero-order chi connectivity index (χ0) is 27.8. The average molecular weight is 533 g/mol. The molecule has 38 heavy (non-hydrogen) atoms. The first-order valence-electron chi connectivity index (χ1n) is 11.7. The van der Waals surface area contributed by atoms with E-state index in [1.54, 1.807) is 31.6 Å². The Morgan fingerprint density at radius 3 is 2.47 bits per heavy atom. The Hall–Kier alpha value is -4.18. The monoisotopic (exact) mass is 532 g/mol. The highest BCUT2D eigenvalue weighted by Crippen LogP contribution is 2.31. The Kier molecular flexibility index (Phi) is 13.1. The number of anilines is 2. The summed E-state index contributed by atoms with van der Waals surface area (Å²) in [5.74, 6) is -0.00843. The molecule has 4 aromatic rings. The van der Waals surface area contributed by atoms with Gasteiger partial charge in [-0.3, -0.25) is 14.4 Å². The molecule has 0 saturated heterocycles. The van der Waals surface area contributed by atoms with Crippen LogP contribution in [0, 0.1) is 0 Å². The smallest absolute Gasteiger partial charge is 0.238 e. The lowest BCUT2D eigenvalue weighted by Crippen LogP contribution is -2.24. The van der Waals surface area contributed by atoms with Crippen molar-refractivity contribution in [3.63, 3.8) is 0 Å². The molecule has 0 aliphatic carbocycles. The lowest BCUT2D eigenvalue weighted by atomic mass is 10.00. The van der Waals surface area contributed by atoms with Crippen molar-refractivity contribution in [2.24, 2.45) is 0 Å². The van der Waals surface area contributed by atoms with Crippen LogP contribution in [0.25, 0.3) is 22.0 Å². The third-order valence-corrected chi connectivity index (χ3v) is 5.77. The third kappa shape index (κ3) is 9.04. The Morgan fingerprint density at radius 2 is 1.87 bits per heavy atom. The summed E-state index contributed by atoms with van der Waals surface area (Å²) in [5, 5.41) is 14.8. The van der Waals surface area contributed by atoms with E-state index in [1.807, 2.05) is 42.1 Å². The molecule has 1 amide bonds. The number of aromatic nitrogens is 1. The van der Waals surface area contributed by atoms with Gasteiger partial charge in [-0.05, 0) is 48.2 Å². The van der Waals surface area contributed by atoms with Crippen LogP contribution in [0.2, 0.25) is 0 Å². The number of thiophene rings is 1. The molecule has 0 aliphatic heterocycles.